The standard InChI is InChI=1S/C22H21ClF3N3O3/c1-13-19(20(23)29(27-13)12-14-4-7-16(24)8-5-14)21(30)28(2)11-15-6-9-17(32-22(25)26)18(10-15)31-3/h4-10,22H,11-12H2,1-3H3. The molecule has 0 saturated heterocycles. The lowest BCUT2D eigenvalue weighted by Crippen LogP contribution is -2.26. The Morgan fingerprint density at radius 1 is 1.16 bits per heavy atom. The van der Waals surface area contributed by atoms with Crippen molar-refractivity contribution in [1.29, 1.82) is 0 Å². The van der Waals surface area contributed by atoms with E-state index in [0.29, 0.717) is 11.3 Å². The van der Waals surface area contributed by atoms with E-state index in [2.05, 4.69) is 9.84 Å². The predicted octanol–water partition coefficient (Wildman–Crippen LogP) is 4.91. The molecule has 3 aromatic rings. The summed E-state index contributed by atoms with van der Waals surface area (Å²) in [6.45, 7) is -0.855. The van der Waals surface area contributed by atoms with E-state index in [1.165, 1.54) is 41.0 Å². The number of methoxy groups -OCH3 is 1. The van der Waals surface area contributed by atoms with Crippen LogP contribution in [0.2, 0.25) is 5.15 Å². The van der Waals surface area contributed by atoms with Crippen molar-refractivity contribution in [3.8, 4) is 11.5 Å². The maximum absolute atomic E-state index is 13.1. The van der Waals surface area contributed by atoms with Crippen molar-refractivity contribution >= 4 is 17.5 Å². The van der Waals surface area contributed by atoms with E-state index in [0.717, 1.165) is 5.56 Å². The van der Waals surface area contributed by atoms with Gasteiger partial charge in [-0.3, -0.25) is 4.79 Å². The first kappa shape index (κ1) is 23.5. The van der Waals surface area contributed by atoms with Crippen LogP contribution in [-0.4, -0.2) is 41.4 Å². The van der Waals surface area contributed by atoms with Gasteiger partial charge in [-0.25, -0.2) is 9.07 Å². The highest BCUT2D eigenvalue weighted by Gasteiger charge is 2.24. The molecule has 0 fully saturated rings. The number of hydrogen-bond acceptors (Lipinski definition) is 4. The lowest BCUT2D eigenvalue weighted by atomic mass is 10.1. The van der Waals surface area contributed by atoms with Crippen LogP contribution in [0.25, 0.3) is 0 Å². The minimum absolute atomic E-state index is 0.0961. The number of hydrogen-bond donors (Lipinski definition) is 0. The monoisotopic (exact) mass is 467 g/mol. The van der Waals surface area contributed by atoms with E-state index in [4.69, 9.17) is 16.3 Å². The molecule has 0 unspecified atom stereocenters. The van der Waals surface area contributed by atoms with Gasteiger partial charge < -0.3 is 14.4 Å². The molecule has 32 heavy (non-hydrogen) atoms. The van der Waals surface area contributed by atoms with Crippen LogP contribution in [0.4, 0.5) is 13.2 Å². The molecule has 0 spiro atoms. The van der Waals surface area contributed by atoms with Crippen LogP contribution in [0.5, 0.6) is 11.5 Å². The number of benzene rings is 2. The van der Waals surface area contributed by atoms with Gasteiger partial charge in [0.2, 0.25) is 0 Å². The van der Waals surface area contributed by atoms with Gasteiger partial charge in [0.05, 0.1) is 24.9 Å². The Bertz CT molecular complexity index is 1100. The molecule has 170 valence electrons. The molecule has 0 saturated carbocycles. The highest BCUT2D eigenvalue weighted by molar-refractivity contribution is 6.33. The lowest BCUT2D eigenvalue weighted by Gasteiger charge is -2.18. The van der Waals surface area contributed by atoms with E-state index in [-0.39, 0.29) is 47.0 Å². The Morgan fingerprint density at radius 3 is 2.44 bits per heavy atom. The minimum Gasteiger partial charge on any atom is -0.493 e. The SMILES string of the molecule is COc1cc(CN(C)C(=O)c2c(C)nn(Cc3ccc(F)cc3)c2Cl)ccc1OC(F)F. The number of ether oxygens (including phenoxy) is 2. The Labute approximate surface area is 188 Å². The number of carbonyl (C=O) groups excluding carboxylic acids is 1. The third kappa shape index (κ3) is 5.34. The normalized spacial score (nSPS) is 11.0. The van der Waals surface area contributed by atoms with Gasteiger partial charge in [-0.2, -0.15) is 13.9 Å². The molecule has 0 aliphatic carbocycles. The van der Waals surface area contributed by atoms with Crippen molar-refractivity contribution in [1.82, 2.24) is 14.7 Å². The largest absolute Gasteiger partial charge is 0.493 e. The lowest BCUT2D eigenvalue weighted by molar-refractivity contribution is -0.0512. The average Bonchev–Trinajstić information content (AvgIpc) is 3.02. The molecule has 1 aromatic heterocycles. The maximum Gasteiger partial charge on any atom is 0.387 e. The third-order valence-electron chi connectivity index (χ3n) is 4.74. The summed E-state index contributed by atoms with van der Waals surface area (Å²) in [7, 11) is 2.93. The molecule has 1 amide bonds. The smallest absolute Gasteiger partial charge is 0.387 e. The van der Waals surface area contributed by atoms with Crippen LogP contribution in [0.1, 0.15) is 27.2 Å². The second-order valence-electron chi connectivity index (χ2n) is 7.06. The van der Waals surface area contributed by atoms with Gasteiger partial charge >= 0.3 is 6.61 Å². The molecule has 0 aliphatic rings. The first-order valence-corrected chi connectivity index (χ1v) is 9.92. The number of aromatic nitrogens is 2. The predicted molar refractivity (Wildman–Crippen MR) is 113 cm³/mol. The molecule has 0 aliphatic heterocycles. The summed E-state index contributed by atoms with van der Waals surface area (Å²) in [5.74, 6) is -0.671. The first-order chi connectivity index (χ1) is 15.2. The van der Waals surface area contributed by atoms with Crippen LogP contribution < -0.4 is 9.47 Å². The molecule has 0 atom stereocenters. The maximum atomic E-state index is 13.1. The Hall–Kier alpha value is -3.20. The van der Waals surface area contributed by atoms with Crippen molar-refractivity contribution < 1.29 is 27.4 Å². The van der Waals surface area contributed by atoms with Crippen LogP contribution in [0.3, 0.4) is 0 Å². The van der Waals surface area contributed by atoms with Crippen LogP contribution in [0, 0.1) is 12.7 Å². The molecule has 0 bridgehead atoms. The van der Waals surface area contributed by atoms with Gasteiger partial charge in [-0.1, -0.05) is 29.8 Å². The van der Waals surface area contributed by atoms with Crippen molar-refractivity contribution in [2.75, 3.05) is 14.2 Å². The summed E-state index contributed by atoms with van der Waals surface area (Å²) in [5.41, 5.74) is 2.13. The van der Waals surface area contributed by atoms with Gasteiger partial charge in [-0.05, 0) is 42.3 Å². The van der Waals surface area contributed by atoms with Crippen molar-refractivity contribution in [3.05, 3.63) is 75.8 Å². The van der Waals surface area contributed by atoms with E-state index in [1.54, 1.807) is 32.2 Å². The average molecular weight is 468 g/mol. The van der Waals surface area contributed by atoms with Crippen LogP contribution in [0.15, 0.2) is 42.5 Å². The van der Waals surface area contributed by atoms with Crippen molar-refractivity contribution in [3.63, 3.8) is 0 Å². The zero-order chi connectivity index (χ0) is 23.4. The second-order valence-corrected chi connectivity index (χ2v) is 7.42. The summed E-state index contributed by atoms with van der Waals surface area (Å²) in [6.07, 6.45) is 0. The van der Waals surface area contributed by atoms with E-state index >= 15 is 0 Å². The number of rotatable bonds is 8. The van der Waals surface area contributed by atoms with Crippen molar-refractivity contribution in [2.24, 2.45) is 0 Å². The van der Waals surface area contributed by atoms with Crippen LogP contribution >= 0.6 is 11.6 Å². The molecular formula is C22H21ClF3N3O3. The third-order valence-corrected chi connectivity index (χ3v) is 5.12. The Balaban J connectivity index is 1.77. The minimum atomic E-state index is -2.98. The van der Waals surface area contributed by atoms with Gasteiger partial charge in [0.1, 0.15) is 11.0 Å². The molecule has 0 radical (unpaired) electrons. The molecule has 0 N–H and O–H groups in total. The number of carbonyl (C=O) groups is 1. The molecular weight excluding hydrogens is 447 g/mol. The zero-order valence-electron chi connectivity index (χ0n) is 17.6. The summed E-state index contributed by atoms with van der Waals surface area (Å²) in [6, 6.07) is 10.4. The van der Waals surface area contributed by atoms with Gasteiger partial charge in [0.25, 0.3) is 5.91 Å². The Kier molecular flexibility index (Phi) is 7.29. The topological polar surface area (TPSA) is 56.6 Å². The number of nitrogens with zero attached hydrogens (tertiary/aromatic N) is 3. The fourth-order valence-corrected chi connectivity index (χ4v) is 3.52. The first-order valence-electron chi connectivity index (χ1n) is 9.54. The van der Waals surface area contributed by atoms with E-state index in [9.17, 15) is 18.0 Å². The van der Waals surface area contributed by atoms with Gasteiger partial charge in [0, 0.05) is 13.6 Å². The Morgan fingerprint density at radius 2 is 1.81 bits per heavy atom. The van der Waals surface area contributed by atoms with Gasteiger partial charge in [-0.15, -0.1) is 0 Å². The summed E-state index contributed by atoms with van der Waals surface area (Å²) in [5, 5.41) is 4.51. The molecule has 10 heteroatoms. The molecule has 1 heterocycles. The molecule has 6 nitrogen and oxygen atoms in total. The number of halogens is 4. The van der Waals surface area contributed by atoms with Crippen molar-refractivity contribution in [2.45, 2.75) is 26.6 Å². The van der Waals surface area contributed by atoms with E-state index < -0.39 is 6.61 Å². The zero-order valence-corrected chi connectivity index (χ0v) is 18.4. The second kappa shape index (κ2) is 9.95. The van der Waals surface area contributed by atoms with Crippen LogP contribution in [-0.2, 0) is 13.1 Å². The van der Waals surface area contributed by atoms with Gasteiger partial charge in [0.15, 0.2) is 11.5 Å². The highest BCUT2D eigenvalue weighted by Crippen LogP contribution is 2.30. The molecule has 2 aromatic carbocycles. The number of amides is 1. The fraction of sp³-hybridized carbons (Fsp3) is 0.273. The highest BCUT2D eigenvalue weighted by atomic mass is 35.5. The quantitative estimate of drug-likeness (QED) is 0.472. The summed E-state index contributed by atoms with van der Waals surface area (Å²) < 4.78 is 49.1. The number of alkyl halides is 2. The summed E-state index contributed by atoms with van der Waals surface area (Å²) >= 11 is 6.44. The number of aryl methyl sites for hydroxylation is 1. The fourth-order valence-electron chi connectivity index (χ4n) is 3.20. The van der Waals surface area contributed by atoms with E-state index in [1.807, 2.05) is 0 Å². The molecule has 3 rings (SSSR count). The summed E-state index contributed by atoms with van der Waals surface area (Å²) in [4.78, 5) is 14.5.